The molecule has 0 spiro atoms. The molecule has 7 heteroatoms. The normalized spacial score (nSPS) is 20.5. The van der Waals surface area contributed by atoms with Crippen molar-refractivity contribution in [1.29, 1.82) is 0 Å². The van der Waals surface area contributed by atoms with E-state index in [1.165, 1.54) is 19.2 Å². The van der Waals surface area contributed by atoms with Gasteiger partial charge in [0.15, 0.2) is 30.2 Å². The molecule has 0 saturated carbocycles. The molecule has 4 rings (SSSR count). The van der Waals surface area contributed by atoms with Crippen molar-refractivity contribution in [3.63, 3.8) is 0 Å². The molecule has 26 heavy (non-hydrogen) atoms. The summed E-state index contributed by atoms with van der Waals surface area (Å²) in [5.41, 5.74) is 1.03. The van der Waals surface area contributed by atoms with E-state index in [1.807, 2.05) is 18.2 Å². The lowest BCUT2D eigenvalue weighted by Gasteiger charge is -2.18. The van der Waals surface area contributed by atoms with Crippen LogP contribution in [0.25, 0.3) is 0 Å². The molecule has 0 aromatic heterocycles. The number of phenolic OH excluding ortho intramolecular Hbond substituents is 1. The van der Waals surface area contributed by atoms with Crippen LogP contribution in [-0.4, -0.2) is 44.1 Å². The first kappa shape index (κ1) is 16.7. The molecule has 0 aliphatic carbocycles. The molecule has 2 aromatic carbocycles. The van der Waals surface area contributed by atoms with Crippen LogP contribution < -0.4 is 14.2 Å². The van der Waals surface area contributed by atoms with E-state index in [9.17, 15) is 9.90 Å². The molecule has 0 radical (unpaired) electrons. The fourth-order valence-corrected chi connectivity index (χ4v) is 2.89. The average Bonchev–Trinajstić information content (AvgIpc) is 3.46. The van der Waals surface area contributed by atoms with Gasteiger partial charge in [-0.1, -0.05) is 6.07 Å². The number of carbonyl (C=O) groups excluding carboxylic acids is 1. The number of aromatic hydroxyl groups is 1. The standard InChI is InChI=1S/C19H18O7/c1-22-10-25-12-3-4-13(14(20)9-12)17(21)19-18(26-19)11-2-5-15-16(8-11)24-7-6-23-15/h2-5,8-9,18-20H,6-7,10H2,1H3/t18-,19-/m0/s1. The smallest absolute Gasteiger partial charge is 0.198 e. The second-order valence-electron chi connectivity index (χ2n) is 5.97. The van der Waals surface area contributed by atoms with Gasteiger partial charge in [0.2, 0.25) is 0 Å². The summed E-state index contributed by atoms with van der Waals surface area (Å²) in [6.07, 6.45) is -0.989. The maximum absolute atomic E-state index is 12.6. The van der Waals surface area contributed by atoms with Crippen LogP contribution in [0.2, 0.25) is 0 Å². The zero-order chi connectivity index (χ0) is 18.1. The van der Waals surface area contributed by atoms with Crippen molar-refractivity contribution in [1.82, 2.24) is 0 Å². The van der Waals surface area contributed by atoms with Crippen molar-refractivity contribution in [3.8, 4) is 23.0 Å². The molecular weight excluding hydrogens is 340 g/mol. The third-order valence-electron chi connectivity index (χ3n) is 4.22. The first-order chi connectivity index (χ1) is 12.7. The van der Waals surface area contributed by atoms with Crippen molar-refractivity contribution in [2.75, 3.05) is 27.1 Å². The van der Waals surface area contributed by atoms with E-state index in [0.29, 0.717) is 30.5 Å². The zero-order valence-electron chi connectivity index (χ0n) is 14.1. The molecule has 2 aliphatic heterocycles. The lowest BCUT2D eigenvalue weighted by molar-refractivity contribution is 0.0510. The Balaban J connectivity index is 1.47. The van der Waals surface area contributed by atoms with E-state index in [0.717, 1.165) is 5.56 Å². The van der Waals surface area contributed by atoms with Gasteiger partial charge in [-0.25, -0.2) is 0 Å². The lowest BCUT2D eigenvalue weighted by Crippen LogP contribution is -2.15. The molecule has 0 unspecified atom stereocenters. The van der Waals surface area contributed by atoms with E-state index in [2.05, 4.69) is 0 Å². The maximum Gasteiger partial charge on any atom is 0.198 e. The molecule has 1 saturated heterocycles. The van der Waals surface area contributed by atoms with E-state index in [-0.39, 0.29) is 30.0 Å². The second kappa shape index (κ2) is 6.86. The largest absolute Gasteiger partial charge is 0.507 e. The molecule has 2 heterocycles. The number of methoxy groups -OCH3 is 1. The molecule has 2 aliphatic rings. The molecule has 2 aromatic rings. The maximum atomic E-state index is 12.6. The Morgan fingerprint density at radius 3 is 2.73 bits per heavy atom. The lowest BCUT2D eigenvalue weighted by atomic mass is 10.0. The first-order valence-corrected chi connectivity index (χ1v) is 8.21. The van der Waals surface area contributed by atoms with Gasteiger partial charge in [0, 0.05) is 13.2 Å². The van der Waals surface area contributed by atoms with Gasteiger partial charge in [0.05, 0.1) is 5.56 Å². The van der Waals surface area contributed by atoms with Crippen molar-refractivity contribution in [3.05, 3.63) is 47.5 Å². The Hall–Kier alpha value is -2.77. The number of rotatable bonds is 6. The molecule has 2 atom stereocenters. The van der Waals surface area contributed by atoms with Crippen LogP contribution in [0.5, 0.6) is 23.0 Å². The highest BCUT2D eigenvalue weighted by molar-refractivity contribution is 6.03. The quantitative estimate of drug-likeness (QED) is 0.482. The number of epoxide rings is 1. The predicted octanol–water partition coefficient (Wildman–Crippen LogP) is 2.47. The van der Waals surface area contributed by atoms with Gasteiger partial charge < -0.3 is 28.8 Å². The highest BCUT2D eigenvalue weighted by Crippen LogP contribution is 2.44. The molecule has 7 nitrogen and oxygen atoms in total. The van der Waals surface area contributed by atoms with E-state index in [4.69, 9.17) is 23.7 Å². The van der Waals surface area contributed by atoms with Crippen LogP contribution in [0.1, 0.15) is 22.0 Å². The Labute approximate surface area is 150 Å². The van der Waals surface area contributed by atoms with Gasteiger partial charge in [-0.15, -0.1) is 0 Å². The number of phenols is 1. The summed E-state index contributed by atoms with van der Waals surface area (Å²) in [6, 6.07) is 10.00. The van der Waals surface area contributed by atoms with Gasteiger partial charge >= 0.3 is 0 Å². The topological polar surface area (TPSA) is 86.8 Å². The van der Waals surface area contributed by atoms with Crippen molar-refractivity contribution in [2.24, 2.45) is 0 Å². The van der Waals surface area contributed by atoms with Crippen LogP contribution in [0.4, 0.5) is 0 Å². The van der Waals surface area contributed by atoms with Crippen LogP contribution in [0, 0.1) is 0 Å². The Morgan fingerprint density at radius 2 is 1.96 bits per heavy atom. The second-order valence-corrected chi connectivity index (χ2v) is 5.97. The molecule has 0 amide bonds. The number of benzene rings is 2. The summed E-state index contributed by atoms with van der Waals surface area (Å²) in [7, 11) is 1.50. The van der Waals surface area contributed by atoms with Gasteiger partial charge in [0.25, 0.3) is 0 Å². The summed E-state index contributed by atoms with van der Waals surface area (Å²) in [5, 5.41) is 10.1. The van der Waals surface area contributed by atoms with Gasteiger partial charge in [-0.05, 0) is 29.8 Å². The predicted molar refractivity (Wildman–Crippen MR) is 90.0 cm³/mol. The van der Waals surface area contributed by atoms with Gasteiger partial charge in [0.1, 0.15) is 30.8 Å². The number of hydrogen-bond acceptors (Lipinski definition) is 7. The monoisotopic (exact) mass is 358 g/mol. The molecule has 0 bridgehead atoms. The number of fused-ring (bicyclic) bond motifs is 1. The molecule has 136 valence electrons. The Bertz CT molecular complexity index is 833. The fourth-order valence-electron chi connectivity index (χ4n) is 2.89. The molecule has 1 fully saturated rings. The summed E-state index contributed by atoms with van der Waals surface area (Å²) in [6.45, 7) is 1.08. The minimum Gasteiger partial charge on any atom is -0.507 e. The number of hydrogen-bond donors (Lipinski definition) is 1. The number of carbonyl (C=O) groups is 1. The third kappa shape index (κ3) is 3.18. The third-order valence-corrected chi connectivity index (χ3v) is 4.22. The van der Waals surface area contributed by atoms with Crippen LogP contribution in [0.15, 0.2) is 36.4 Å². The fraction of sp³-hybridized carbons (Fsp3) is 0.316. The summed E-state index contributed by atoms with van der Waals surface area (Å²) in [4.78, 5) is 12.6. The van der Waals surface area contributed by atoms with Crippen molar-refractivity contribution in [2.45, 2.75) is 12.2 Å². The highest BCUT2D eigenvalue weighted by Gasteiger charge is 2.47. The van der Waals surface area contributed by atoms with Gasteiger partial charge in [-0.2, -0.15) is 0 Å². The number of ether oxygens (including phenoxy) is 5. The van der Waals surface area contributed by atoms with E-state index >= 15 is 0 Å². The highest BCUT2D eigenvalue weighted by atomic mass is 16.7. The zero-order valence-corrected chi connectivity index (χ0v) is 14.1. The number of ketones is 1. The summed E-state index contributed by atoms with van der Waals surface area (Å²) < 4.78 is 26.6. The van der Waals surface area contributed by atoms with Crippen LogP contribution in [0.3, 0.4) is 0 Å². The van der Waals surface area contributed by atoms with Crippen LogP contribution >= 0.6 is 0 Å². The minimum atomic E-state index is -0.630. The Kier molecular flexibility index (Phi) is 4.40. The summed E-state index contributed by atoms with van der Waals surface area (Å²) in [5.74, 6) is 1.33. The van der Waals surface area contributed by atoms with E-state index in [1.54, 1.807) is 6.07 Å². The molecule has 1 N–H and O–H groups in total. The van der Waals surface area contributed by atoms with Gasteiger partial charge in [-0.3, -0.25) is 4.79 Å². The SMILES string of the molecule is COCOc1ccc(C(=O)[C@@H]2O[C@H]2c2ccc3c(c2)OCCO3)c(O)c1. The van der Waals surface area contributed by atoms with Crippen molar-refractivity contribution < 1.29 is 33.6 Å². The van der Waals surface area contributed by atoms with Crippen molar-refractivity contribution >= 4 is 5.78 Å². The number of Topliss-reactive ketones (excluding diaryl/α,β-unsaturated/α-hetero) is 1. The van der Waals surface area contributed by atoms with E-state index < -0.39 is 6.10 Å². The van der Waals surface area contributed by atoms with Crippen LogP contribution in [-0.2, 0) is 9.47 Å². The Morgan fingerprint density at radius 1 is 1.15 bits per heavy atom. The average molecular weight is 358 g/mol. The summed E-state index contributed by atoms with van der Waals surface area (Å²) >= 11 is 0. The minimum absolute atomic E-state index is 0.0602. The molecular formula is C19H18O7. The first-order valence-electron chi connectivity index (χ1n) is 8.21.